The summed E-state index contributed by atoms with van der Waals surface area (Å²) < 4.78 is 19.1. The van der Waals surface area contributed by atoms with E-state index in [2.05, 4.69) is 234 Å². The highest BCUT2D eigenvalue weighted by molar-refractivity contribution is 5.97. The van der Waals surface area contributed by atoms with Gasteiger partial charge in [0.2, 0.25) is 37.4 Å². The number of piperazine rings is 3. The maximum atomic E-state index is 12.6. The Balaban J connectivity index is 0.000000140. The summed E-state index contributed by atoms with van der Waals surface area (Å²) in [6, 6.07) is 45.8. The second-order valence-corrected chi connectivity index (χ2v) is 36.2. The summed E-state index contributed by atoms with van der Waals surface area (Å²) in [5.74, 6) is 3.09. The van der Waals surface area contributed by atoms with Gasteiger partial charge in [-0.25, -0.2) is 19.7 Å². The molecular formula is C100H119N21O6. The molecule has 8 aliphatic heterocycles. The minimum atomic E-state index is -0.231. The Hall–Kier alpha value is -12.5. The predicted molar refractivity (Wildman–Crippen MR) is 502 cm³/mol. The van der Waals surface area contributed by atoms with Gasteiger partial charge >= 0.3 is 18.0 Å². The first-order valence-electron chi connectivity index (χ1n) is 45.1. The first kappa shape index (κ1) is 88.0. The van der Waals surface area contributed by atoms with Crippen LogP contribution in [-0.2, 0) is 53.3 Å². The number of aromatic nitrogens is 6. The average molecular weight is 1710 g/mol. The number of carbonyl (C=O) groups excluding carboxylic acids is 3. The molecule has 1 aliphatic carbocycles. The van der Waals surface area contributed by atoms with E-state index < -0.39 is 0 Å². The lowest BCUT2D eigenvalue weighted by Crippen LogP contribution is -2.56. The van der Waals surface area contributed by atoms with Crippen LogP contribution in [0.4, 0.5) is 34.5 Å². The summed E-state index contributed by atoms with van der Waals surface area (Å²) in [7, 11) is 6.22. The van der Waals surface area contributed by atoms with E-state index in [9.17, 15) is 14.4 Å². The fraction of sp³-hybridized carbons (Fsp3) is 0.460. The third-order valence-corrected chi connectivity index (χ3v) is 27.5. The lowest BCUT2D eigenvalue weighted by Gasteiger charge is -2.41. The Labute approximate surface area is 747 Å². The zero-order chi connectivity index (χ0) is 88.5. The van der Waals surface area contributed by atoms with Gasteiger partial charge in [-0.2, -0.15) is 29.9 Å². The standard InChI is InChI=1S/C35H41N7O2.C33H39N7O2.C32H39N7O2/c1-3-33(43)42-19-18-41(22-28(42)20-36-2)34-30-15-17-40(32-12-6-9-26-8-4-5-11-29(26)32)23-31(30)37-35(38-34)44-24-27-10-7-16-39(27)21-25-13-14-25;1-5-30(41)40-19-18-39(21-25(40)20-34-3)31-27-14-17-38(29-13-8-11-24-10-6-7-12-26(24)29)22-28(27)35-32(36-31)42-23-33(2)15-9-16-37(33)4;1-7-29(40)39-18-17-38(20-24(39)19-33-4)30-26-15-16-37(28-14-10-12-23-11-8-9-13-25(23)28)21-27(26)34-31(35-30)41-22-32(2,3)36(5)6/h3-6,8-9,11-12,25,27-28H,1,7,10,13-24H2;5-8,10-13,25H,1,9,14-23H2,2,4H3;7-14,24H,1,15-22H2,2-3,5-6H3/t27-,28?;25?,33-;/m00./s1. The van der Waals surface area contributed by atoms with Gasteiger partial charge in [0.15, 0.2) is 0 Å². The molecule has 3 aromatic heterocycles. The molecule has 5 atom stereocenters. The molecule has 0 N–H and O–H groups in total. The molecule has 18 rings (SSSR count). The zero-order valence-corrected chi connectivity index (χ0v) is 74.5. The summed E-state index contributed by atoms with van der Waals surface area (Å²) in [6.45, 7) is 55.3. The Kier molecular flexibility index (Phi) is 27.1. The predicted octanol–water partition coefficient (Wildman–Crippen LogP) is 12.8. The molecule has 127 heavy (non-hydrogen) atoms. The number of amides is 3. The molecule has 1 saturated carbocycles. The van der Waals surface area contributed by atoms with E-state index in [1.807, 2.05) is 14.1 Å². The van der Waals surface area contributed by atoms with Gasteiger partial charge in [0, 0.05) is 147 Å². The minimum absolute atomic E-state index is 0.0498. The number of hydrogen-bond donors (Lipinski definition) is 0. The minimum Gasteiger partial charge on any atom is -0.462 e. The topological polar surface area (TPSA) is 208 Å². The van der Waals surface area contributed by atoms with E-state index >= 15 is 0 Å². The summed E-state index contributed by atoms with van der Waals surface area (Å²) in [5.41, 5.74) is 9.69. The second kappa shape index (κ2) is 39.2. The summed E-state index contributed by atoms with van der Waals surface area (Å²) in [5, 5.41) is 7.37. The van der Waals surface area contributed by atoms with Gasteiger partial charge in [0.25, 0.3) is 0 Å². The van der Waals surface area contributed by atoms with E-state index in [0.717, 1.165) is 128 Å². The highest BCUT2D eigenvalue weighted by Crippen LogP contribution is 2.41. The molecule has 6 aromatic carbocycles. The van der Waals surface area contributed by atoms with Crippen molar-refractivity contribution in [2.75, 3.05) is 188 Å². The van der Waals surface area contributed by atoms with Crippen LogP contribution in [0.3, 0.4) is 0 Å². The Morgan fingerprint density at radius 2 is 0.858 bits per heavy atom. The van der Waals surface area contributed by atoms with Gasteiger partial charge in [-0.3, -0.25) is 24.2 Å². The van der Waals surface area contributed by atoms with E-state index in [0.29, 0.717) is 122 Å². The van der Waals surface area contributed by atoms with E-state index in [-0.39, 0.29) is 66.6 Å². The maximum absolute atomic E-state index is 12.6. The van der Waals surface area contributed by atoms with Gasteiger partial charge in [-0.1, -0.05) is 129 Å². The van der Waals surface area contributed by atoms with Gasteiger partial charge in [-0.15, -0.1) is 0 Å². The van der Waals surface area contributed by atoms with Crippen molar-refractivity contribution in [3.8, 4) is 18.0 Å². The zero-order valence-electron chi connectivity index (χ0n) is 74.5. The molecule has 9 aliphatic rings. The number of rotatable bonds is 24. The van der Waals surface area contributed by atoms with Crippen LogP contribution < -0.4 is 43.6 Å². The third-order valence-electron chi connectivity index (χ3n) is 27.5. The highest BCUT2D eigenvalue weighted by atomic mass is 16.5. The van der Waals surface area contributed by atoms with Crippen molar-refractivity contribution >= 4 is 84.6 Å². The number of likely N-dealkylation sites (N-methyl/N-ethyl adjacent to an activating group) is 2. The molecule has 0 spiro atoms. The number of hydrogen-bond acceptors (Lipinski definition) is 21. The number of likely N-dealkylation sites (tertiary alicyclic amines) is 2. The molecule has 0 radical (unpaired) electrons. The molecule has 27 nitrogen and oxygen atoms in total. The smallest absolute Gasteiger partial charge is 0.318 e. The molecule has 27 heteroatoms. The average Bonchev–Trinajstić information content (AvgIpc) is 1.77. The van der Waals surface area contributed by atoms with Crippen LogP contribution in [-0.4, -0.2) is 271 Å². The molecule has 11 heterocycles. The van der Waals surface area contributed by atoms with Gasteiger partial charge in [0.1, 0.15) is 55.4 Å². The normalized spacial score (nSPS) is 20.7. The van der Waals surface area contributed by atoms with E-state index in [1.54, 1.807) is 14.7 Å². The van der Waals surface area contributed by atoms with Crippen LogP contribution in [0.1, 0.15) is 93.1 Å². The van der Waals surface area contributed by atoms with Crippen LogP contribution in [0.15, 0.2) is 165 Å². The molecule has 9 aromatic rings. The molecule has 660 valence electrons. The Morgan fingerprint density at radius 3 is 1.23 bits per heavy atom. The van der Waals surface area contributed by atoms with Crippen LogP contribution in [0.25, 0.3) is 46.9 Å². The quantitative estimate of drug-likeness (QED) is 0.0407. The number of anilines is 6. The summed E-state index contributed by atoms with van der Waals surface area (Å²) >= 11 is 0. The number of benzene rings is 6. The van der Waals surface area contributed by atoms with Gasteiger partial charge in [-0.05, 0) is 171 Å². The number of carbonyl (C=O) groups is 3. The van der Waals surface area contributed by atoms with Crippen molar-refractivity contribution < 1.29 is 28.6 Å². The highest BCUT2D eigenvalue weighted by Gasteiger charge is 2.42. The van der Waals surface area contributed by atoms with E-state index in [4.69, 9.17) is 63.8 Å². The largest absolute Gasteiger partial charge is 0.462 e. The van der Waals surface area contributed by atoms with Crippen molar-refractivity contribution in [2.24, 2.45) is 5.92 Å². The van der Waals surface area contributed by atoms with Crippen LogP contribution in [0.5, 0.6) is 18.0 Å². The van der Waals surface area contributed by atoms with E-state index in [1.165, 1.54) is 93.4 Å². The molecule has 6 fully saturated rings. The molecule has 3 amide bonds. The monoisotopic (exact) mass is 1710 g/mol. The Bertz CT molecular complexity index is 5670. The second-order valence-electron chi connectivity index (χ2n) is 36.2. The molecular weight excluding hydrogens is 1590 g/mol. The van der Waals surface area contributed by atoms with Crippen molar-refractivity contribution in [2.45, 2.75) is 133 Å². The van der Waals surface area contributed by atoms with Crippen molar-refractivity contribution in [1.82, 2.24) is 59.3 Å². The van der Waals surface area contributed by atoms with Crippen molar-refractivity contribution in [3.63, 3.8) is 0 Å². The first-order chi connectivity index (χ1) is 61.7. The number of ether oxygens (including phenoxy) is 3. The summed E-state index contributed by atoms with van der Waals surface area (Å²) in [6.07, 6.45) is 13.7. The SMILES string of the molecule is [C-]#[N+]CC1CN(c2nc(OCC(C)(C)N(C)C)nc3c2CCN(c2cccc4ccccc24)C3)CCN1C(=O)C=C.[C-]#[N+]CC1CN(c2nc(OC[C@@H]3CCCN3CC3CC3)nc3c2CCN(c2cccc4ccccc24)C3)CCN1C(=O)C=C.[C-]#[N+]CC1CN(c2nc(OC[C@]3(C)CCCN3C)nc3c2CCN(c2cccc4ccccc24)C3)CCN1C(=O)C=C. The van der Waals surface area contributed by atoms with Crippen LogP contribution in [0, 0.1) is 25.6 Å². The maximum Gasteiger partial charge on any atom is 0.318 e. The van der Waals surface area contributed by atoms with Crippen LogP contribution >= 0.6 is 0 Å². The fourth-order valence-electron chi connectivity index (χ4n) is 19.4. The van der Waals surface area contributed by atoms with Gasteiger partial charge < -0.3 is 77.7 Å². The number of fused-ring (bicyclic) bond motifs is 6. The third kappa shape index (κ3) is 19.6. The lowest BCUT2D eigenvalue weighted by molar-refractivity contribution is -0.129. The molecule has 5 saturated heterocycles. The lowest BCUT2D eigenvalue weighted by atomic mass is 10.0. The van der Waals surface area contributed by atoms with Gasteiger partial charge in [0.05, 0.1) is 42.3 Å². The van der Waals surface area contributed by atoms with Crippen LogP contribution in [0.2, 0.25) is 0 Å². The Morgan fingerprint density at radius 1 is 0.472 bits per heavy atom. The first-order valence-corrected chi connectivity index (χ1v) is 45.1. The summed E-state index contributed by atoms with van der Waals surface area (Å²) in [4.78, 5) is 105. The molecule has 0 bridgehead atoms. The number of nitrogens with zero attached hydrogens (tertiary/aromatic N) is 21. The molecule has 3 unspecified atom stereocenters. The van der Waals surface area contributed by atoms with Crippen molar-refractivity contribution in [3.05, 3.63) is 233 Å². The fourth-order valence-corrected chi connectivity index (χ4v) is 19.4. The van der Waals surface area contributed by atoms with Crippen molar-refractivity contribution in [1.29, 1.82) is 0 Å².